The Kier molecular flexibility index (Phi) is 4.69. The van der Waals surface area contributed by atoms with Crippen LogP contribution in [0.2, 0.25) is 0 Å². The Balaban J connectivity index is 1.71. The number of likely N-dealkylation sites (tertiary alicyclic amines) is 1. The molecule has 3 N–H and O–H groups in total. The molecule has 2 rings (SSSR count). The predicted molar refractivity (Wildman–Crippen MR) is 75.7 cm³/mol. The van der Waals surface area contributed by atoms with Crippen molar-refractivity contribution >= 4 is 17.9 Å². The van der Waals surface area contributed by atoms with Crippen molar-refractivity contribution in [3.8, 4) is 0 Å². The van der Waals surface area contributed by atoms with Gasteiger partial charge in [-0.2, -0.15) is 0 Å². The minimum Gasteiger partial charge on any atom is -0.480 e. The Morgan fingerprint density at radius 2 is 1.86 bits per heavy atom. The standard InChI is InChI=1S/C14H23N3O4/c1-14(12(19)20,10-4-5-10)16-13(21)15-7-6-11(18)17-8-2-3-9-17/h10H,2-9H2,1H3,(H,19,20)(H2,15,16,21). The van der Waals surface area contributed by atoms with Crippen molar-refractivity contribution in [1.29, 1.82) is 0 Å². The molecule has 1 unspecified atom stereocenters. The second-order valence-corrected chi connectivity index (χ2v) is 6.00. The molecule has 2 aliphatic rings. The first-order valence-electron chi connectivity index (χ1n) is 7.50. The number of hydrogen-bond donors (Lipinski definition) is 3. The molecule has 1 saturated heterocycles. The van der Waals surface area contributed by atoms with Crippen LogP contribution < -0.4 is 10.6 Å². The van der Waals surface area contributed by atoms with Gasteiger partial charge in [-0.05, 0) is 38.5 Å². The second kappa shape index (κ2) is 6.32. The van der Waals surface area contributed by atoms with E-state index in [1.807, 2.05) is 0 Å². The highest BCUT2D eigenvalue weighted by Gasteiger charge is 2.48. The summed E-state index contributed by atoms with van der Waals surface area (Å²) in [6.07, 6.45) is 3.96. The largest absolute Gasteiger partial charge is 0.480 e. The monoisotopic (exact) mass is 297 g/mol. The smallest absolute Gasteiger partial charge is 0.329 e. The third kappa shape index (κ3) is 3.86. The lowest BCUT2D eigenvalue weighted by atomic mass is 9.96. The van der Waals surface area contributed by atoms with Crippen LogP contribution in [0.4, 0.5) is 4.79 Å². The quantitative estimate of drug-likeness (QED) is 0.667. The summed E-state index contributed by atoms with van der Waals surface area (Å²) < 4.78 is 0. The van der Waals surface area contributed by atoms with Crippen LogP contribution >= 0.6 is 0 Å². The maximum Gasteiger partial charge on any atom is 0.329 e. The maximum atomic E-state index is 11.8. The molecule has 0 spiro atoms. The van der Waals surface area contributed by atoms with Gasteiger partial charge in [0, 0.05) is 26.1 Å². The summed E-state index contributed by atoms with van der Waals surface area (Å²) in [5.41, 5.74) is -1.22. The number of nitrogens with zero attached hydrogens (tertiary/aromatic N) is 1. The number of carbonyl (C=O) groups excluding carboxylic acids is 2. The Labute approximate surface area is 124 Å². The number of urea groups is 1. The van der Waals surface area contributed by atoms with E-state index in [2.05, 4.69) is 10.6 Å². The maximum absolute atomic E-state index is 11.8. The molecule has 1 atom stereocenters. The van der Waals surface area contributed by atoms with Gasteiger partial charge in [0.1, 0.15) is 5.54 Å². The molecule has 118 valence electrons. The highest BCUT2D eigenvalue weighted by atomic mass is 16.4. The first-order valence-corrected chi connectivity index (χ1v) is 7.50. The van der Waals surface area contributed by atoms with Gasteiger partial charge < -0.3 is 20.6 Å². The fourth-order valence-corrected chi connectivity index (χ4v) is 2.68. The van der Waals surface area contributed by atoms with E-state index in [4.69, 9.17) is 0 Å². The second-order valence-electron chi connectivity index (χ2n) is 6.00. The molecule has 2 fully saturated rings. The molecule has 21 heavy (non-hydrogen) atoms. The van der Waals surface area contributed by atoms with E-state index in [0.717, 1.165) is 38.8 Å². The molecule has 1 aliphatic carbocycles. The Morgan fingerprint density at radius 1 is 1.24 bits per heavy atom. The summed E-state index contributed by atoms with van der Waals surface area (Å²) in [4.78, 5) is 36.7. The Hall–Kier alpha value is -1.79. The third-order valence-electron chi connectivity index (χ3n) is 4.29. The molecule has 0 aromatic carbocycles. The van der Waals surface area contributed by atoms with Crippen LogP contribution in [0, 0.1) is 5.92 Å². The van der Waals surface area contributed by atoms with Crippen molar-refractivity contribution in [2.75, 3.05) is 19.6 Å². The molecule has 0 aromatic rings. The third-order valence-corrected chi connectivity index (χ3v) is 4.29. The summed E-state index contributed by atoms with van der Waals surface area (Å²) >= 11 is 0. The molecule has 0 bridgehead atoms. The average molecular weight is 297 g/mol. The lowest BCUT2D eigenvalue weighted by Gasteiger charge is -2.26. The van der Waals surface area contributed by atoms with Crippen molar-refractivity contribution in [2.45, 2.75) is 44.6 Å². The lowest BCUT2D eigenvalue weighted by molar-refractivity contribution is -0.144. The fraction of sp³-hybridized carbons (Fsp3) is 0.786. The summed E-state index contributed by atoms with van der Waals surface area (Å²) in [6.45, 7) is 3.34. The van der Waals surface area contributed by atoms with Gasteiger partial charge in [-0.1, -0.05) is 0 Å². The number of nitrogens with one attached hydrogen (secondary N) is 2. The van der Waals surface area contributed by atoms with Crippen LogP contribution in [0.5, 0.6) is 0 Å². The number of rotatable bonds is 6. The summed E-state index contributed by atoms with van der Waals surface area (Å²) in [5.74, 6) is -0.990. The highest BCUT2D eigenvalue weighted by molar-refractivity contribution is 5.86. The molecule has 3 amide bonds. The van der Waals surface area contributed by atoms with Crippen LogP contribution in [0.3, 0.4) is 0 Å². The predicted octanol–water partition coefficient (Wildman–Crippen LogP) is 0.551. The number of carbonyl (C=O) groups is 3. The lowest BCUT2D eigenvalue weighted by Crippen LogP contribution is -2.57. The zero-order valence-electron chi connectivity index (χ0n) is 12.4. The Morgan fingerprint density at radius 3 is 2.38 bits per heavy atom. The van der Waals surface area contributed by atoms with E-state index in [1.165, 1.54) is 6.92 Å². The fourth-order valence-electron chi connectivity index (χ4n) is 2.68. The van der Waals surface area contributed by atoms with E-state index in [0.29, 0.717) is 0 Å². The zero-order valence-corrected chi connectivity index (χ0v) is 12.4. The van der Waals surface area contributed by atoms with Crippen LogP contribution in [0.1, 0.15) is 39.0 Å². The van der Waals surface area contributed by atoms with Crippen LogP contribution in [-0.2, 0) is 9.59 Å². The average Bonchev–Trinajstić information content (AvgIpc) is 3.14. The van der Waals surface area contributed by atoms with Gasteiger partial charge in [-0.3, -0.25) is 4.79 Å². The molecule has 1 heterocycles. The zero-order chi connectivity index (χ0) is 15.5. The van der Waals surface area contributed by atoms with Crippen molar-refractivity contribution in [3.63, 3.8) is 0 Å². The number of amides is 3. The number of aliphatic carboxylic acids is 1. The first-order chi connectivity index (χ1) is 9.93. The number of carboxylic acid groups (broad SMARTS) is 1. The van der Waals surface area contributed by atoms with Crippen LogP contribution in [0.25, 0.3) is 0 Å². The van der Waals surface area contributed by atoms with Crippen molar-refractivity contribution in [1.82, 2.24) is 15.5 Å². The molecule has 0 radical (unpaired) electrons. The molecule has 0 aromatic heterocycles. The minimum absolute atomic E-state index is 0.00742. The molecular formula is C14H23N3O4. The highest BCUT2D eigenvalue weighted by Crippen LogP contribution is 2.39. The van der Waals surface area contributed by atoms with Crippen molar-refractivity contribution < 1.29 is 19.5 Å². The van der Waals surface area contributed by atoms with Gasteiger partial charge >= 0.3 is 12.0 Å². The minimum atomic E-state index is -1.22. The molecule has 1 saturated carbocycles. The van der Waals surface area contributed by atoms with Crippen LogP contribution in [-0.4, -0.2) is 53.1 Å². The molecule has 7 heteroatoms. The van der Waals surface area contributed by atoms with E-state index in [1.54, 1.807) is 4.90 Å². The van der Waals surface area contributed by atoms with Gasteiger partial charge in [0.2, 0.25) is 5.91 Å². The topological polar surface area (TPSA) is 98.7 Å². The number of carboxylic acids is 1. The molecule has 7 nitrogen and oxygen atoms in total. The van der Waals surface area contributed by atoms with Crippen molar-refractivity contribution in [3.05, 3.63) is 0 Å². The SMILES string of the molecule is CC(NC(=O)NCCC(=O)N1CCCC1)(C(=O)O)C1CC1. The van der Waals surface area contributed by atoms with E-state index in [9.17, 15) is 19.5 Å². The van der Waals surface area contributed by atoms with Gasteiger partial charge in [0.15, 0.2) is 0 Å². The summed E-state index contributed by atoms with van der Waals surface area (Å²) in [6, 6.07) is -0.527. The van der Waals surface area contributed by atoms with Gasteiger partial charge in [-0.15, -0.1) is 0 Å². The molecule has 1 aliphatic heterocycles. The van der Waals surface area contributed by atoms with Gasteiger partial charge in [-0.25, -0.2) is 9.59 Å². The van der Waals surface area contributed by atoms with E-state index < -0.39 is 17.5 Å². The molecular weight excluding hydrogens is 274 g/mol. The van der Waals surface area contributed by atoms with Gasteiger partial charge in [0.05, 0.1) is 0 Å². The van der Waals surface area contributed by atoms with Gasteiger partial charge in [0.25, 0.3) is 0 Å². The summed E-state index contributed by atoms with van der Waals surface area (Å²) in [5, 5.41) is 14.3. The number of hydrogen-bond acceptors (Lipinski definition) is 3. The normalized spacial score (nSPS) is 20.7. The van der Waals surface area contributed by atoms with Crippen LogP contribution in [0.15, 0.2) is 0 Å². The summed E-state index contributed by atoms with van der Waals surface area (Å²) in [7, 11) is 0. The van der Waals surface area contributed by atoms with E-state index >= 15 is 0 Å². The Bertz CT molecular complexity index is 430. The first kappa shape index (κ1) is 15.6. The van der Waals surface area contributed by atoms with E-state index in [-0.39, 0.29) is 24.8 Å². The van der Waals surface area contributed by atoms with Crippen molar-refractivity contribution in [2.24, 2.45) is 5.92 Å².